The molecule has 0 saturated carbocycles. The first-order chi connectivity index (χ1) is 10.2. The van der Waals surface area contributed by atoms with Crippen molar-refractivity contribution in [3.05, 3.63) is 48.3 Å². The van der Waals surface area contributed by atoms with Gasteiger partial charge in [-0.25, -0.2) is 4.68 Å². The number of nitrogens with one attached hydrogen (secondary N) is 1. The Morgan fingerprint density at radius 3 is 2.81 bits per heavy atom. The highest BCUT2D eigenvalue weighted by Gasteiger charge is 2.08. The minimum absolute atomic E-state index is 0.0646. The summed E-state index contributed by atoms with van der Waals surface area (Å²) in [6.45, 7) is 3.88. The van der Waals surface area contributed by atoms with Gasteiger partial charge >= 0.3 is 0 Å². The molecule has 0 atom stereocenters. The summed E-state index contributed by atoms with van der Waals surface area (Å²) < 4.78 is 1.85. The number of rotatable bonds is 7. The number of para-hydroxylation sites is 1. The molecule has 0 saturated heterocycles. The van der Waals surface area contributed by atoms with Crippen molar-refractivity contribution < 1.29 is 4.79 Å². The van der Waals surface area contributed by atoms with E-state index in [0.29, 0.717) is 13.1 Å². The number of aromatic nitrogens is 2. The number of amides is 1. The van der Waals surface area contributed by atoms with Crippen LogP contribution in [0.4, 0.5) is 0 Å². The van der Waals surface area contributed by atoms with Crippen LogP contribution >= 0.6 is 0 Å². The van der Waals surface area contributed by atoms with E-state index in [2.05, 4.69) is 10.4 Å². The van der Waals surface area contributed by atoms with Crippen LogP contribution in [0.25, 0.3) is 5.69 Å². The number of carbonyl (C=O) groups is 1. The molecule has 0 aliphatic heterocycles. The fourth-order valence-electron chi connectivity index (χ4n) is 2.10. The van der Waals surface area contributed by atoms with Gasteiger partial charge in [0, 0.05) is 24.8 Å². The van der Waals surface area contributed by atoms with E-state index in [1.54, 1.807) is 0 Å². The molecule has 2 aromatic rings. The molecule has 1 N–H and O–H groups in total. The smallest absolute Gasteiger partial charge is 0.234 e. The van der Waals surface area contributed by atoms with Crippen molar-refractivity contribution in [2.24, 2.45) is 0 Å². The van der Waals surface area contributed by atoms with Gasteiger partial charge in [-0.1, -0.05) is 25.1 Å². The van der Waals surface area contributed by atoms with Crippen molar-refractivity contribution in [1.29, 1.82) is 0 Å². The van der Waals surface area contributed by atoms with Crippen LogP contribution in [0.3, 0.4) is 0 Å². The number of likely N-dealkylation sites (N-methyl/N-ethyl adjacent to an activating group) is 1. The van der Waals surface area contributed by atoms with Gasteiger partial charge in [0.15, 0.2) is 0 Å². The summed E-state index contributed by atoms with van der Waals surface area (Å²) in [5.41, 5.74) is 2.12. The predicted octanol–water partition coefficient (Wildman–Crippen LogP) is 1.83. The highest BCUT2D eigenvalue weighted by molar-refractivity contribution is 5.77. The third kappa shape index (κ3) is 4.72. The van der Waals surface area contributed by atoms with Crippen molar-refractivity contribution in [2.75, 3.05) is 20.1 Å². The Bertz CT molecular complexity index is 565. The summed E-state index contributed by atoms with van der Waals surface area (Å²) in [4.78, 5) is 13.6. The van der Waals surface area contributed by atoms with E-state index >= 15 is 0 Å². The summed E-state index contributed by atoms with van der Waals surface area (Å²) in [5.74, 6) is 0.0646. The average Bonchev–Trinajstić information content (AvgIpc) is 2.94. The quantitative estimate of drug-likeness (QED) is 0.845. The second-order valence-electron chi connectivity index (χ2n) is 5.15. The van der Waals surface area contributed by atoms with Crippen molar-refractivity contribution >= 4 is 5.91 Å². The molecule has 0 spiro atoms. The minimum Gasteiger partial charge on any atom is -0.355 e. The van der Waals surface area contributed by atoms with Gasteiger partial charge in [0.25, 0.3) is 0 Å². The van der Waals surface area contributed by atoms with Crippen LogP contribution in [-0.4, -0.2) is 40.7 Å². The summed E-state index contributed by atoms with van der Waals surface area (Å²) >= 11 is 0. The molecule has 112 valence electrons. The fourth-order valence-corrected chi connectivity index (χ4v) is 2.10. The van der Waals surface area contributed by atoms with E-state index < -0.39 is 0 Å². The van der Waals surface area contributed by atoms with Gasteiger partial charge in [-0.3, -0.25) is 9.69 Å². The van der Waals surface area contributed by atoms with E-state index in [-0.39, 0.29) is 5.91 Å². The van der Waals surface area contributed by atoms with E-state index in [9.17, 15) is 4.79 Å². The molecule has 0 aliphatic rings. The molecule has 0 fully saturated rings. The molecular formula is C16H22N4O. The van der Waals surface area contributed by atoms with Gasteiger partial charge in [-0.2, -0.15) is 5.10 Å². The fraction of sp³-hybridized carbons (Fsp3) is 0.375. The molecule has 1 aromatic carbocycles. The highest BCUT2D eigenvalue weighted by atomic mass is 16.2. The Morgan fingerprint density at radius 1 is 1.33 bits per heavy atom. The van der Waals surface area contributed by atoms with Crippen molar-refractivity contribution in [3.8, 4) is 5.69 Å². The Balaban J connectivity index is 1.89. The van der Waals surface area contributed by atoms with Crippen molar-refractivity contribution in [3.63, 3.8) is 0 Å². The van der Waals surface area contributed by atoms with Crippen LogP contribution in [-0.2, 0) is 11.3 Å². The van der Waals surface area contributed by atoms with Crippen LogP contribution in [0, 0.1) is 0 Å². The second-order valence-corrected chi connectivity index (χ2v) is 5.15. The van der Waals surface area contributed by atoms with Gasteiger partial charge in [-0.15, -0.1) is 0 Å². The highest BCUT2D eigenvalue weighted by Crippen LogP contribution is 2.08. The zero-order valence-electron chi connectivity index (χ0n) is 12.6. The molecule has 5 nitrogen and oxygen atoms in total. The van der Waals surface area contributed by atoms with E-state index in [1.807, 2.05) is 66.3 Å². The van der Waals surface area contributed by atoms with Gasteiger partial charge in [-0.05, 0) is 25.6 Å². The number of hydrogen-bond acceptors (Lipinski definition) is 3. The Hall–Kier alpha value is -2.14. The van der Waals surface area contributed by atoms with E-state index in [0.717, 1.165) is 24.2 Å². The lowest BCUT2D eigenvalue weighted by Gasteiger charge is -2.14. The van der Waals surface area contributed by atoms with Gasteiger partial charge in [0.05, 0.1) is 18.4 Å². The molecule has 21 heavy (non-hydrogen) atoms. The zero-order valence-corrected chi connectivity index (χ0v) is 12.6. The first kappa shape index (κ1) is 15.3. The summed E-state index contributed by atoms with van der Waals surface area (Å²) in [7, 11) is 1.94. The topological polar surface area (TPSA) is 50.2 Å². The number of hydrogen-bond donors (Lipinski definition) is 1. The van der Waals surface area contributed by atoms with E-state index in [1.165, 1.54) is 0 Å². The first-order valence-electron chi connectivity index (χ1n) is 7.23. The van der Waals surface area contributed by atoms with Crippen molar-refractivity contribution in [1.82, 2.24) is 20.0 Å². The molecule has 0 radical (unpaired) electrons. The predicted molar refractivity (Wildman–Crippen MR) is 83.2 cm³/mol. The molecule has 0 aliphatic carbocycles. The van der Waals surface area contributed by atoms with Gasteiger partial charge < -0.3 is 5.32 Å². The molecule has 0 unspecified atom stereocenters. The molecule has 2 rings (SSSR count). The maximum Gasteiger partial charge on any atom is 0.234 e. The van der Waals surface area contributed by atoms with E-state index in [4.69, 9.17) is 0 Å². The monoisotopic (exact) mass is 286 g/mol. The number of nitrogens with zero attached hydrogens (tertiary/aromatic N) is 3. The summed E-state index contributed by atoms with van der Waals surface area (Å²) in [5, 5.41) is 7.24. The third-order valence-electron chi connectivity index (χ3n) is 3.09. The number of benzene rings is 1. The summed E-state index contributed by atoms with van der Waals surface area (Å²) in [6.07, 6.45) is 4.79. The molecular weight excluding hydrogens is 264 g/mol. The lowest BCUT2D eigenvalue weighted by atomic mass is 10.3. The minimum atomic E-state index is 0.0646. The van der Waals surface area contributed by atoms with Crippen LogP contribution in [0.15, 0.2) is 42.7 Å². The molecule has 1 aromatic heterocycles. The Kier molecular flexibility index (Phi) is 5.51. The Morgan fingerprint density at radius 2 is 2.10 bits per heavy atom. The molecule has 1 amide bonds. The lowest BCUT2D eigenvalue weighted by Crippen LogP contribution is -2.35. The normalized spacial score (nSPS) is 10.8. The molecule has 5 heteroatoms. The van der Waals surface area contributed by atoms with Crippen molar-refractivity contribution in [2.45, 2.75) is 19.9 Å². The van der Waals surface area contributed by atoms with Crippen LogP contribution in [0.1, 0.15) is 18.9 Å². The Labute approximate surface area is 125 Å². The molecule has 0 bridgehead atoms. The molecule has 1 heterocycles. The van der Waals surface area contributed by atoms with Crippen LogP contribution < -0.4 is 5.32 Å². The zero-order chi connectivity index (χ0) is 15.1. The second kappa shape index (κ2) is 7.59. The number of carbonyl (C=O) groups excluding carboxylic acids is 1. The maximum absolute atomic E-state index is 11.7. The standard InChI is InChI=1S/C16H22N4O/c1-3-9-17-16(21)13-19(2)11-14-10-18-20(12-14)15-7-5-4-6-8-15/h4-8,10,12H,3,9,11,13H2,1-2H3,(H,17,21). The van der Waals surface area contributed by atoms with Gasteiger partial charge in [0.2, 0.25) is 5.91 Å². The van der Waals surface area contributed by atoms with Crippen LogP contribution in [0.5, 0.6) is 0 Å². The van der Waals surface area contributed by atoms with Gasteiger partial charge in [0.1, 0.15) is 0 Å². The lowest BCUT2D eigenvalue weighted by molar-refractivity contribution is -0.122. The van der Waals surface area contributed by atoms with Crippen LogP contribution in [0.2, 0.25) is 0 Å². The third-order valence-corrected chi connectivity index (χ3v) is 3.09. The summed E-state index contributed by atoms with van der Waals surface area (Å²) in [6, 6.07) is 9.98. The SMILES string of the molecule is CCCNC(=O)CN(C)Cc1cnn(-c2ccccc2)c1. The largest absolute Gasteiger partial charge is 0.355 e. The first-order valence-corrected chi connectivity index (χ1v) is 7.23. The average molecular weight is 286 g/mol. The maximum atomic E-state index is 11.7.